The van der Waals surface area contributed by atoms with E-state index in [0.717, 1.165) is 22.7 Å². The van der Waals surface area contributed by atoms with Gasteiger partial charge in [0.1, 0.15) is 34.9 Å². The number of hydrogen-bond acceptors (Lipinski definition) is 8. The van der Waals surface area contributed by atoms with Crippen LogP contribution in [0.2, 0.25) is 0 Å². The molecule has 1 aliphatic heterocycles. The van der Waals surface area contributed by atoms with Gasteiger partial charge in [-0.25, -0.2) is 14.2 Å². The van der Waals surface area contributed by atoms with Crippen LogP contribution in [-0.4, -0.2) is 41.0 Å². The van der Waals surface area contributed by atoms with Crippen LogP contribution in [0, 0.1) is 12.7 Å². The van der Waals surface area contributed by atoms with Crippen molar-refractivity contribution < 1.29 is 33.4 Å². The highest BCUT2D eigenvalue weighted by atomic mass is 32.1. The van der Waals surface area contributed by atoms with Gasteiger partial charge in [-0.1, -0.05) is 61.2 Å². The fourth-order valence-electron chi connectivity index (χ4n) is 4.00. The summed E-state index contributed by atoms with van der Waals surface area (Å²) in [5.74, 6) is -3.41. The number of ketones is 1. The van der Waals surface area contributed by atoms with E-state index in [2.05, 4.69) is 11.6 Å². The van der Waals surface area contributed by atoms with Crippen LogP contribution in [0.1, 0.15) is 45.9 Å². The lowest BCUT2D eigenvalue weighted by atomic mass is 9.95. The summed E-state index contributed by atoms with van der Waals surface area (Å²) in [5, 5.41) is 11.3. The van der Waals surface area contributed by atoms with Gasteiger partial charge in [0.15, 0.2) is 5.13 Å². The lowest BCUT2D eigenvalue weighted by Gasteiger charge is -2.23. The number of halogens is 1. The number of hydrogen-bond donors (Lipinski definition) is 1. The second-order valence-electron chi connectivity index (χ2n) is 8.37. The summed E-state index contributed by atoms with van der Waals surface area (Å²) >= 11 is 0.833. The Hall–Kier alpha value is -4.31. The number of aromatic nitrogens is 1. The van der Waals surface area contributed by atoms with E-state index in [9.17, 15) is 19.5 Å². The van der Waals surface area contributed by atoms with Gasteiger partial charge in [0, 0.05) is 11.1 Å². The Labute approximate surface area is 222 Å². The van der Waals surface area contributed by atoms with E-state index in [-0.39, 0.29) is 39.0 Å². The molecule has 0 spiro atoms. The predicted molar refractivity (Wildman–Crippen MR) is 141 cm³/mol. The van der Waals surface area contributed by atoms with Gasteiger partial charge >= 0.3 is 11.9 Å². The fourth-order valence-corrected chi connectivity index (χ4v) is 4.99. The van der Waals surface area contributed by atoms with Crippen LogP contribution in [0.25, 0.3) is 5.76 Å². The van der Waals surface area contributed by atoms with Gasteiger partial charge < -0.3 is 14.6 Å². The number of carbonyl (C=O) groups is 3. The molecule has 1 fully saturated rings. The summed E-state index contributed by atoms with van der Waals surface area (Å²) in [5.41, 5.74) is 0.169. The Morgan fingerprint density at radius 3 is 2.71 bits per heavy atom. The maximum Gasteiger partial charge on any atom is 0.350 e. The number of amides is 1. The molecule has 1 amide bonds. The fraction of sp³-hybridized carbons (Fsp3) is 0.214. The van der Waals surface area contributed by atoms with Crippen molar-refractivity contribution in [3.8, 4) is 5.75 Å². The zero-order valence-corrected chi connectivity index (χ0v) is 21.6. The molecule has 8 nitrogen and oxygen atoms in total. The van der Waals surface area contributed by atoms with Crippen molar-refractivity contribution >= 4 is 39.9 Å². The minimum Gasteiger partial charge on any atom is -0.507 e. The van der Waals surface area contributed by atoms with Crippen molar-refractivity contribution in [1.29, 1.82) is 0 Å². The number of Topliss-reactive ketones (excluding diaryl/α,β-unsaturated/α-hetero) is 1. The number of rotatable bonds is 9. The van der Waals surface area contributed by atoms with Crippen LogP contribution in [0.15, 0.2) is 66.8 Å². The highest BCUT2D eigenvalue weighted by molar-refractivity contribution is 7.17. The van der Waals surface area contributed by atoms with Gasteiger partial charge in [0.05, 0.1) is 17.9 Å². The Bertz CT molecular complexity index is 1450. The third-order valence-electron chi connectivity index (χ3n) is 5.73. The molecule has 1 aromatic heterocycles. The van der Waals surface area contributed by atoms with Gasteiger partial charge in [-0.3, -0.25) is 14.5 Å². The topological polar surface area (TPSA) is 106 Å². The number of nitrogens with zero attached hydrogens (tertiary/aromatic N) is 2. The molecule has 1 aliphatic rings. The average molecular weight is 537 g/mol. The molecule has 0 radical (unpaired) electrons. The second kappa shape index (κ2) is 11.4. The second-order valence-corrected chi connectivity index (χ2v) is 9.34. The third-order valence-corrected chi connectivity index (χ3v) is 6.87. The number of thiazole rings is 1. The number of benzene rings is 2. The van der Waals surface area contributed by atoms with Crippen LogP contribution in [0.4, 0.5) is 9.52 Å². The Balaban J connectivity index is 1.87. The lowest BCUT2D eigenvalue weighted by Crippen LogP contribution is -2.29. The van der Waals surface area contributed by atoms with Gasteiger partial charge in [-0.05, 0) is 31.5 Å². The van der Waals surface area contributed by atoms with Crippen LogP contribution in [0.5, 0.6) is 5.75 Å². The van der Waals surface area contributed by atoms with Crippen LogP contribution in [-0.2, 0) is 14.3 Å². The van der Waals surface area contributed by atoms with E-state index in [1.165, 1.54) is 30.3 Å². The van der Waals surface area contributed by atoms with Gasteiger partial charge in [-0.2, -0.15) is 0 Å². The van der Waals surface area contributed by atoms with Crippen molar-refractivity contribution in [3.63, 3.8) is 0 Å². The van der Waals surface area contributed by atoms with E-state index >= 15 is 4.39 Å². The molecule has 1 N–H and O–H groups in total. The maximum absolute atomic E-state index is 15.1. The molecule has 1 unspecified atom stereocenters. The number of anilines is 1. The summed E-state index contributed by atoms with van der Waals surface area (Å²) in [6.07, 6.45) is 2.18. The minimum absolute atomic E-state index is 0.0116. The first-order valence-corrected chi connectivity index (χ1v) is 12.6. The summed E-state index contributed by atoms with van der Waals surface area (Å²) < 4.78 is 25.8. The SMILES string of the molecule is C=CCOC(=O)c1sc(N2C(=O)C(=O)/C(=C(/O)c3cccc(OCCC)c3)C2c2ccccc2F)nc1C. The predicted octanol–water partition coefficient (Wildman–Crippen LogP) is 5.35. The van der Waals surface area contributed by atoms with E-state index in [0.29, 0.717) is 12.4 Å². The number of carbonyl (C=O) groups excluding carboxylic acids is 3. The van der Waals surface area contributed by atoms with Crippen molar-refractivity contribution in [1.82, 2.24) is 4.98 Å². The molecule has 38 heavy (non-hydrogen) atoms. The number of aliphatic hydroxyl groups is 1. The normalized spacial score (nSPS) is 16.5. The third kappa shape index (κ3) is 5.08. The van der Waals surface area contributed by atoms with Crippen molar-refractivity contribution in [2.75, 3.05) is 18.1 Å². The van der Waals surface area contributed by atoms with Crippen LogP contribution in [0.3, 0.4) is 0 Å². The monoisotopic (exact) mass is 536 g/mol. The highest BCUT2D eigenvalue weighted by Gasteiger charge is 2.49. The summed E-state index contributed by atoms with van der Waals surface area (Å²) in [6.45, 7) is 7.44. The number of aryl methyl sites for hydroxylation is 1. The van der Waals surface area contributed by atoms with E-state index in [4.69, 9.17) is 9.47 Å². The van der Waals surface area contributed by atoms with E-state index < -0.39 is 35.3 Å². The number of esters is 1. The molecule has 196 valence electrons. The summed E-state index contributed by atoms with van der Waals surface area (Å²) in [7, 11) is 0. The Morgan fingerprint density at radius 2 is 2.00 bits per heavy atom. The zero-order valence-electron chi connectivity index (χ0n) is 20.8. The molecule has 2 aromatic carbocycles. The van der Waals surface area contributed by atoms with E-state index in [1.54, 1.807) is 31.2 Å². The molecular formula is C28H25FN2O6S. The van der Waals surface area contributed by atoms with Crippen LogP contribution < -0.4 is 9.64 Å². The number of ether oxygens (including phenoxy) is 2. The molecule has 1 atom stereocenters. The quantitative estimate of drug-likeness (QED) is 0.129. The van der Waals surface area contributed by atoms with Crippen molar-refractivity contribution in [2.45, 2.75) is 26.3 Å². The molecule has 4 rings (SSSR count). The Morgan fingerprint density at radius 1 is 1.24 bits per heavy atom. The zero-order chi connectivity index (χ0) is 27.4. The van der Waals surface area contributed by atoms with Gasteiger partial charge in [0.2, 0.25) is 0 Å². The first-order valence-electron chi connectivity index (χ1n) is 11.8. The Kier molecular flexibility index (Phi) is 8.02. The first kappa shape index (κ1) is 26.7. The number of aliphatic hydroxyl groups excluding tert-OH is 1. The molecule has 0 bridgehead atoms. The first-order chi connectivity index (χ1) is 18.3. The summed E-state index contributed by atoms with van der Waals surface area (Å²) in [6, 6.07) is 10.7. The molecule has 0 saturated carbocycles. The smallest absolute Gasteiger partial charge is 0.350 e. The van der Waals surface area contributed by atoms with E-state index in [1.807, 2.05) is 6.92 Å². The molecule has 2 heterocycles. The van der Waals surface area contributed by atoms with Gasteiger partial charge in [-0.15, -0.1) is 0 Å². The van der Waals surface area contributed by atoms with Crippen LogP contribution >= 0.6 is 11.3 Å². The molecule has 3 aromatic rings. The van der Waals surface area contributed by atoms with Gasteiger partial charge in [0.25, 0.3) is 5.78 Å². The van der Waals surface area contributed by atoms with Crippen molar-refractivity contribution in [2.24, 2.45) is 0 Å². The largest absolute Gasteiger partial charge is 0.507 e. The molecule has 10 heteroatoms. The maximum atomic E-state index is 15.1. The summed E-state index contributed by atoms with van der Waals surface area (Å²) in [4.78, 5) is 44.6. The average Bonchev–Trinajstić information content (AvgIpc) is 3.42. The highest BCUT2D eigenvalue weighted by Crippen LogP contribution is 2.44. The minimum atomic E-state index is -1.33. The lowest BCUT2D eigenvalue weighted by molar-refractivity contribution is -0.132. The van der Waals surface area contributed by atoms with Crippen molar-refractivity contribution in [3.05, 3.63) is 94.3 Å². The molecule has 1 saturated heterocycles. The molecular weight excluding hydrogens is 511 g/mol. The molecule has 0 aliphatic carbocycles. The standard InChI is InChI=1S/C28H25FN2O6S/c1-4-13-36-18-10-8-9-17(15-18)23(32)21-22(19-11-6-7-12-20(19)29)31(26(34)24(21)33)28-30-16(3)25(38-28)27(35)37-14-5-2/h5-12,15,22,32H,2,4,13-14H2,1,3H3/b23-21+.